The van der Waals surface area contributed by atoms with Crippen molar-refractivity contribution < 1.29 is 23.4 Å². The van der Waals surface area contributed by atoms with Crippen molar-refractivity contribution in [1.82, 2.24) is 29.4 Å². The molecule has 4 heterocycles. The topological polar surface area (TPSA) is 122 Å². The van der Waals surface area contributed by atoms with Crippen molar-refractivity contribution in [2.24, 2.45) is 0 Å². The predicted molar refractivity (Wildman–Crippen MR) is 149 cm³/mol. The second kappa shape index (κ2) is 13.4. The van der Waals surface area contributed by atoms with Crippen molar-refractivity contribution in [3.8, 4) is 5.82 Å². The Labute approximate surface area is 235 Å². The lowest BCUT2D eigenvalue weighted by Gasteiger charge is -2.28. The summed E-state index contributed by atoms with van der Waals surface area (Å²) in [5.41, 5.74) is 1.96. The lowest BCUT2D eigenvalue weighted by Crippen LogP contribution is -2.38. The van der Waals surface area contributed by atoms with Gasteiger partial charge in [-0.15, -0.1) is 0 Å². The number of morpholine rings is 1. The minimum absolute atomic E-state index is 0.0358. The molecular weight excluding hydrogens is 534 g/mol. The fourth-order valence-corrected chi connectivity index (χ4v) is 4.70. The number of aliphatic hydroxyl groups is 1. The molecule has 0 unspecified atom stereocenters. The molecule has 0 spiro atoms. The van der Waals surface area contributed by atoms with Crippen LogP contribution >= 0.6 is 0 Å². The summed E-state index contributed by atoms with van der Waals surface area (Å²) < 4.78 is 35.0. The van der Waals surface area contributed by atoms with Crippen molar-refractivity contribution in [2.45, 2.75) is 19.3 Å². The number of para-hydroxylation sites is 2. The molecule has 5 rings (SSSR count). The van der Waals surface area contributed by atoms with E-state index >= 15 is 0 Å². The Kier molecular flexibility index (Phi) is 9.26. The fraction of sp³-hybridized carbons (Fsp3) is 0.393. The third-order valence-electron chi connectivity index (χ3n) is 6.80. The Morgan fingerprint density at radius 3 is 2.56 bits per heavy atom. The number of carbonyl (C=O) groups is 1. The van der Waals surface area contributed by atoms with Crippen molar-refractivity contribution in [2.75, 3.05) is 62.8 Å². The van der Waals surface area contributed by atoms with E-state index < -0.39 is 12.2 Å². The molecule has 1 amide bonds. The van der Waals surface area contributed by atoms with E-state index in [4.69, 9.17) is 4.74 Å². The first-order valence-corrected chi connectivity index (χ1v) is 13.5. The molecular formula is C28H32F2N8O3. The zero-order valence-corrected chi connectivity index (χ0v) is 22.5. The number of anilines is 2. The molecule has 4 aromatic rings. The molecule has 41 heavy (non-hydrogen) atoms. The third-order valence-corrected chi connectivity index (χ3v) is 6.80. The van der Waals surface area contributed by atoms with E-state index in [0.717, 1.165) is 5.56 Å². The average molecular weight is 567 g/mol. The van der Waals surface area contributed by atoms with Crippen LogP contribution in [-0.2, 0) is 16.0 Å². The molecule has 1 saturated heterocycles. The van der Waals surface area contributed by atoms with Gasteiger partial charge in [0.25, 0.3) is 6.43 Å². The average Bonchev–Trinajstić information content (AvgIpc) is 3.41. The molecule has 1 aliphatic heterocycles. The zero-order chi connectivity index (χ0) is 28.6. The number of aromatic nitrogens is 5. The highest BCUT2D eigenvalue weighted by atomic mass is 19.3. The number of hydrogen-bond donors (Lipinski definition) is 2. The van der Waals surface area contributed by atoms with Gasteiger partial charge in [0, 0.05) is 51.2 Å². The quantitative estimate of drug-likeness (QED) is 0.267. The van der Waals surface area contributed by atoms with E-state index in [1.54, 1.807) is 47.6 Å². The van der Waals surface area contributed by atoms with Crippen LogP contribution in [0.3, 0.4) is 0 Å². The first-order chi connectivity index (χ1) is 20.0. The maximum atomic E-state index is 14.1. The van der Waals surface area contributed by atoms with E-state index in [0.29, 0.717) is 69.1 Å². The smallest absolute Gasteiger partial charge is 0.296 e. The van der Waals surface area contributed by atoms with Crippen molar-refractivity contribution >= 4 is 28.7 Å². The molecule has 1 fully saturated rings. The van der Waals surface area contributed by atoms with Crippen LogP contribution in [0.1, 0.15) is 24.2 Å². The van der Waals surface area contributed by atoms with Crippen molar-refractivity contribution in [3.63, 3.8) is 0 Å². The Morgan fingerprint density at radius 2 is 1.80 bits per heavy atom. The molecule has 0 saturated carbocycles. The summed E-state index contributed by atoms with van der Waals surface area (Å²) in [7, 11) is 0. The van der Waals surface area contributed by atoms with Gasteiger partial charge >= 0.3 is 0 Å². The summed E-state index contributed by atoms with van der Waals surface area (Å²) >= 11 is 0. The first-order valence-electron chi connectivity index (χ1n) is 13.5. The molecule has 2 N–H and O–H groups in total. The predicted octanol–water partition coefficient (Wildman–Crippen LogP) is 2.85. The van der Waals surface area contributed by atoms with Gasteiger partial charge in [-0.05, 0) is 42.7 Å². The summed E-state index contributed by atoms with van der Waals surface area (Å²) in [5.74, 6) is 0.254. The van der Waals surface area contributed by atoms with E-state index in [9.17, 15) is 18.7 Å². The van der Waals surface area contributed by atoms with Gasteiger partial charge in [0.05, 0.1) is 30.8 Å². The number of alkyl halides is 2. The Morgan fingerprint density at radius 1 is 1.05 bits per heavy atom. The van der Waals surface area contributed by atoms with Crippen molar-refractivity contribution in [1.29, 1.82) is 0 Å². The molecule has 1 aromatic carbocycles. The number of benzene rings is 1. The number of pyridine rings is 1. The molecule has 11 nitrogen and oxygen atoms in total. The second-order valence-electron chi connectivity index (χ2n) is 9.52. The maximum Gasteiger partial charge on any atom is 0.296 e. The van der Waals surface area contributed by atoms with Gasteiger partial charge in [0.2, 0.25) is 11.9 Å². The molecule has 13 heteroatoms. The summed E-state index contributed by atoms with van der Waals surface area (Å²) in [6.07, 6.45) is 1.66. The fourth-order valence-electron chi connectivity index (χ4n) is 4.70. The number of aliphatic hydroxyl groups excluding tert-OH is 1. The number of hydrogen-bond acceptors (Lipinski definition) is 9. The second-order valence-corrected chi connectivity index (χ2v) is 9.52. The van der Waals surface area contributed by atoms with Gasteiger partial charge in [0.1, 0.15) is 11.6 Å². The first kappa shape index (κ1) is 28.3. The highest BCUT2D eigenvalue weighted by molar-refractivity contribution is 5.81. The highest BCUT2D eigenvalue weighted by Crippen LogP contribution is 2.29. The molecule has 0 atom stereocenters. The molecule has 3 aromatic heterocycles. The van der Waals surface area contributed by atoms with E-state index in [1.807, 2.05) is 17.0 Å². The van der Waals surface area contributed by atoms with Gasteiger partial charge in [-0.25, -0.2) is 13.8 Å². The van der Waals surface area contributed by atoms with Crippen molar-refractivity contribution in [3.05, 3.63) is 66.2 Å². The number of amides is 1. The lowest BCUT2D eigenvalue weighted by atomic mass is 10.2. The molecule has 1 aliphatic rings. The highest BCUT2D eigenvalue weighted by Gasteiger charge is 2.23. The van der Waals surface area contributed by atoms with Crippen LogP contribution in [-0.4, -0.2) is 93.0 Å². The number of fused-ring (bicyclic) bond motifs is 1. The van der Waals surface area contributed by atoms with Crippen LogP contribution in [0.15, 0.2) is 54.9 Å². The monoisotopic (exact) mass is 566 g/mol. The largest absolute Gasteiger partial charge is 0.396 e. The van der Waals surface area contributed by atoms with E-state index in [1.165, 1.54) is 4.57 Å². The van der Waals surface area contributed by atoms with Gasteiger partial charge < -0.3 is 25.0 Å². The van der Waals surface area contributed by atoms with Gasteiger partial charge in [0.15, 0.2) is 5.82 Å². The number of halogens is 2. The summed E-state index contributed by atoms with van der Waals surface area (Å²) in [6, 6.07) is 12.3. The Bertz CT molecular complexity index is 1450. The van der Waals surface area contributed by atoms with Crippen LogP contribution in [0.25, 0.3) is 16.9 Å². The molecule has 0 aliphatic carbocycles. The number of carbonyl (C=O) groups excluding carboxylic acids is 1. The zero-order valence-electron chi connectivity index (χ0n) is 22.5. The van der Waals surface area contributed by atoms with Crippen LogP contribution in [0.2, 0.25) is 0 Å². The maximum absolute atomic E-state index is 14.1. The number of ether oxygens (including phenoxy) is 1. The van der Waals surface area contributed by atoms with Crippen LogP contribution in [0, 0.1) is 0 Å². The molecule has 216 valence electrons. The van der Waals surface area contributed by atoms with Crippen LogP contribution < -0.4 is 10.2 Å². The normalized spacial score (nSPS) is 13.6. The molecule has 0 bridgehead atoms. The molecule has 0 radical (unpaired) electrons. The summed E-state index contributed by atoms with van der Waals surface area (Å²) in [4.78, 5) is 34.2. The van der Waals surface area contributed by atoms with Crippen LogP contribution in [0.4, 0.5) is 20.5 Å². The number of nitrogens with one attached hydrogen (secondary N) is 1. The summed E-state index contributed by atoms with van der Waals surface area (Å²) in [5, 5.41) is 12.4. The number of nitrogens with zero attached hydrogens (tertiary/aromatic N) is 7. The van der Waals surface area contributed by atoms with Gasteiger partial charge in [-0.3, -0.25) is 14.3 Å². The lowest BCUT2D eigenvalue weighted by molar-refractivity contribution is -0.129. The van der Waals surface area contributed by atoms with Gasteiger partial charge in [-0.1, -0.05) is 12.1 Å². The van der Waals surface area contributed by atoms with Crippen LogP contribution in [0.5, 0.6) is 0 Å². The SMILES string of the molecule is O=C(CNc1nc(N2CCOCC2)cc(-n2c(C(F)F)nc3ccccc32)n1)N(CCCO)CCc1ccncc1. The number of rotatable bonds is 12. The van der Waals surface area contributed by atoms with Gasteiger partial charge in [-0.2, -0.15) is 9.97 Å². The summed E-state index contributed by atoms with van der Waals surface area (Å²) in [6.45, 7) is 2.87. The van der Waals surface area contributed by atoms with E-state index in [2.05, 4.69) is 25.3 Å². The minimum Gasteiger partial charge on any atom is -0.396 e. The number of imidazole rings is 1. The Balaban J connectivity index is 1.42. The Hall–Kier alpha value is -4.23. The minimum atomic E-state index is -2.83. The van der Waals surface area contributed by atoms with E-state index in [-0.39, 0.29) is 30.8 Å². The third kappa shape index (κ3) is 6.92. The standard InChI is InChI=1S/C28H32F2N8O3/c29-26(30)27-33-21-4-1-2-5-22(21)38(27)24-18-23(36-13-16-41-17-14-36)34-28(35-24)32-19-25(40)37(11-3-15-39)12-8-20-6-9-31-10-7-20/h1-2,4-7,9-10,18,26,39H,3,8,11-17,19H2,(H,32,34,35).